The molecule has 4 aromatic rings. The van der Waals surface area contributed by atoms with Gasteiger partial charge in [0.2, 0.25) is 0 Å². The number of aryl methyl sites for hydroxylation is 1. The van der Waals surface area contributed by atoms with E-state index in [-0.39, 0.29) is 11.3 Å². The van der Waals surface area contributed by atoms with Crippen LogP contribution in [0.3, 0.4) is 0 Å². The zero-order valence-corrected chi connectivity index (χ0v) is 19.2. The summed E-state index contributed by atoms with van der Waals surface area (Å²) in [5.41, 5.74) is 2.13. The van der Waals surface area contributed by atoms with Gasteiger partial charge in [0.1, 0.15) is 23.4 Å². The monoisotopic (exact) mass is 514 g/mol. The third-order valence-corrected chi connectivity index (χ3v) is 6.53. The number of rotatable bonds is 2. The fourth-order valence-corrected chi connectivity index (χ4v) is 4.35. The third-order valence-electron chi connectivity index (χ3n) is 5.16. The molecule has 32 heavy (non-hydrogen) atoms. The molecule has 1 aliphatic heterocycles. The maximum atomic E-state index is 14.8. The standard InChI is InChI=1S/C22H14BrClF2N6/c1-10-6-8-15(29-28-10)22-31-30-21-11(2)27-20(17-13(25)4-3-5-14(17)26)18-16(32(21)22)9-7-12(24)19(18)23/h3-9,11H,1-2H3/t11-/m0/s1. The Labute approximate surface area is 195 Å². The van der Waals surface area contributed by atoms with Gasteiger partial charge in [0.05, 0.1) is 27.7 Å². The lowest BCUT2D eigenvalue weighted by Crippen LogP contribution is -2.13. The third kappa shape index (κ3) is 3.23. The Morgan fingerprint density at radius 1 is 0.938 bits per heavy atom. The highest BCUT2D eigenvalue weighted by molar-refractivity contribution is 9.10. The Hall–Kier alpha value is -3.04. The van der Waals surface area contributed by atoms with Crippen LogP contribution < -0.4 is 0 Å². The molecule has 6 nitrogen and oxygen atoms in total. The molecule has 0 bridgehead atoms. The number of benzene rings is 2. The van der Waals surface area contributed by atoms with E-state index >= 15 is 0 Å². The molecule has 0 unspecified atom stereocenters. The van der Waals surface area contributed by atoms with Crippen LogP contribution in [0.1, 0.15) is 35.6 Å². The van der Waals surface area contributed by atoms with E-state index in [0.29, 0.717) is 38.1 Å². The van der Waals surface area contributed by atoms with Gasteiger partial charge in [-0.25, -0.2) is 8.78 Å². The van der Waals surface area contributed by atoms with Crippen molar-refractivity contribution in [1.29, 1.82) is 0 Å². The summed E-state index contributed by atoms with van der Waals surface area (Å²) in [4.78, 5) is 4.66. The van der Waals surface area contributed by atoms with E-state index in [2.05, 4.69) is 41.3 Å². The quantitative estimate of drug-likeness (QED) is 0.346. The Kier molecular flexibility index (Phi) is 5.10. The van der Waals surface area contributed by atoms with Crippen molar-refractivity contribution in [1.82, 2.24) is 25.0 Å². The second-order valence-corrected chi connectivity index (χ2v) is 8.48. The van der Waals surface area contributed by atoms with Crippen molar-refractivity contribution < 1.29 is 8.78 Å². The van der Waals surface area contributed by atoms with Crippen LogP contribution in [0, 0.1) is 18.6 Å². The van der Waals surface area contributed by atoms with E-state index in [4.69, 9.17) is 11.6 Å². The van der Waals surface area contributed by atoms with Crippen molar-refractivity contribution in [3.05, 3.63) is 86.2 Å². The van der Waals surface area contributed by atoms with Crippen LogP contribution in [0.5, 0.6) is 0 Å². The number of fused-ring (bicyclic) bond motifs is 3. The van der Waals surface area contributed by atoms with Gasteiger partial charge in [0.15, 0.2) is 11.6 Å². The van der Waals surface area contributed by atoms with Crippen LogP contribution in [0.2, 0.25) is 5.02 Å². The van der Waals surface area contributed by atoms with Crippen molar-refractivity contribution in [3.8, 4) is 17.2 Å². The topological polar surface area (TPSA) is 68.8 Å². The van der Waals surface area contributed by atoms with Gasteiger partial charge in [-0.3, -0.25) is 9.56 Å². The molecule has 0 radical (unpaired) electrons. The molecule has 0 N–H and O–H groups in total. The van der Waals surface area contributed by atoms with E-state index in [1.807, 2.05) is 13.0 Å². The lowest BCUT2D eigenvalue weighted by atomic mass is 9.99. The Morgan fingerprint density at radius 2 is 1.69 bits per heavy atom. The van der Waals surface area contributed by atoms with Crippen molar-refractivity contribution in [2.45, 2.75) is 19.9 Å². The zero-order valence-electron chi connectivity index (χ0n) is 16.8. The smallest absolute Gasteiger partial charge is 0.189 e. The number of hydrogen-bond acceptors (Lipinski definition) is 5. The second-order valence-electron chi connectivity index (χ2n) is 7.28. The van der Waals surface area contributed by atoms with Crippen LogP contribution in [0.25, 0.3) is 17.2 Å². The summed E-state index contributed by atoms with van der Waals surface area (Å²) >= 11 is 9.89. The minimum Gasteiger partial charge on any atom is -0.275 e. The average molecular weight is 516 g/mol. The van der Waals surface area contributed by atoms with Crippen molar-refractivity contribution in [2.24, 2.45) is 4.99 Å². The summed E-state index contributed by atoms with van der Waals surface area (Å²) < 4.78 is 31.9. The predicted octanol–water partition coefficient (Wildman–Crippen LogP) is 5.64. The highest BCUT2D eigenvalue weighted by atomic mass is 79.9. The van der Waals surface area contributed by atoms with Gasteiger partial charge in [-0.2, -0.15) is 5.10 Å². The first-order chi connectivity index (χ1) is 15.4. The molecule has 0 spiro atoms. The first-order valence-corrected chi connectivity index (χ1v) is 10.8. The summed E-state index contributed by atoms with van der Waals surface area (Å²) in [6.07, 6.45) is 0. The summed E-state index contributed by atoms with van der Waals surface area (Å²) in [5, 5.41) is 17.4. The molecule has 0 saturated carbocycles. The van der Waals surface area contributed by atoms with Gasteiger partial charge >= 0.3 is 0 Å². The van der Waals surface area contributed by atoms with E-state index in [1.54, 1.807) is 29.7 Å². The molecule has 5 rings (SSSR count). The molecule has 0 fully saturated rings. The number of hydrogen-bond donors (Lipinski definition) is 0. The molecular formula is C22H14BrClF2N6. The van der Waals surface area contributed by atoms with Gasteiger partial charge in [-0.1, -0.05) is 17.7 Å². The number of halogens is 4. The van der Waals surface area contributed by atoms with Gasteiger partial charge in [-0.05, 0) is 66.2 Å². The fraction of sp³-hybridized carbons (Fsp3) is 0.136. The highest BCUT2D eigenvalue weighted by Crippen LogP contribution is 2.39. The van der Waals surface area contributed by atoms with Gasteiger partial charge in [0, 0.05) is 10.0 Å². The lowest BCUT2D eigenvalue weighted by molar-refractivity contribution is 0.578. The summed E-state index contributed by atoms with van der Waals surface area (Å²) in [7, 11) is 0. The van der Waals surface area contributed by atoms with Crippen LogP contribution in [0.15, 0.2) is 51.9 Å². The molecule has 1 aliphatic rings. The van der Waals surface area contributed by atoms with Crippen molar-refractivity contribution >= 4 is 33.2 Å². The van der Waals surface area contributed by atoms with E-state index in [0.717, 1.165) is 5.69 Å². The molecular weight excluding hydrogens is 502 g/mol. The maximum absolute atomic E-state index is 14.8. The Balaban J connectivity index is 1.86. The largest absolute Gasteiger partial charge is 0.275 e. The van der Waals surface area contributed by atoms with Gasteiger partial charge in [-0.15, -0.1) is 15.3 Å². The van der Waals surface area contributed by atoms with Crippen molar-refractivity contribution in [3.63, 3.8) is 0 Å². The molecule has 2 aromatic heterocycles. The number of aliphatic imine (C=N–C) groups is 1. The van der Waals surface area contributed by atoms with Crippen LogP contribution in [-0.2, 0) is 0 Å². The lowest BCUT2D eigenvalue weighted by Gasteiger charge is -2.16. The number of nitrogens with zero attached hydrogens (tertiary/aromatic N) is 6. The van der Waals surface area contributed by atoms with Gasteiger partial charge in [0.25, 0.3) is 0 Å². The molecule has 1 atom stereocenters. The second kappa shape index (κ2) is 7.83. The zero-order chi connectivity index (χ0) is 22.6. The van der Waals surface area contributed by atoms with E-state index in [1.165, 1.54) is 18.2 Å². The predicted molar refractivity (Wildman–Crippen MR) is 120 cm³/mol. The first kappa shape index (κ1) is 20.8. The Bertz CT molecular complexity index is 1380. The molecule has 10 heteroatoms. The number of aromatic nitrogens is 5. The molecule has 0 aliphatic carbocycles. The minimum absolute atomic E-state index is 0.129. The summed E-state index contributed by atoms with van der Waals surface area (Å²) in [6, 6.07) is 10.2. The van der Waals surface area contributed by atoms with Gasteiger partial charge < -0.3 is 0 Å². The summed E-state index contributed by atoms with van der Waals surface area (Å²) in [6.45, 7) is 3.62. The Morgan fingerprint density at radius 3 is 2.38 bits per heavy atom. The van der Waals surface area contributed by atoms with Crippen molar-refractivity contribution in [2.75, 3.05) is 0 Å². The average Bonchev–Trinajstić information content (AvgIpc) is 3.15. The SMILES string of the molecule is Cc1ccc(-c2nnc3n2-c2ccc(Cl)c(Br)c2C(c2c(F)cccc2F)=N[C@H]3C)nn1. The minimum atomic E-state index is -0.726. The summed E-state index contributed by atoms with van der Waals surface area (Å²) in [5.74, 6) is -0.531. The van der Waals surface area contributed by atoms with E-state index < -0.39 is 17.7 Å². The molecule has 160 valence electrons. The van der Waals surface area contributed by atoms with Crippen LogP contribution in [0.4, 0.5) is 8.78 Å². The van der Waals surface area contributed by atoms with Crippen LogP contribution >= 0.6 is 27.5 Å². The molecule has 0 saturated heterocycles. The van der Waals surface area contributed by atoms with E-state index in [9.17, 15) is 8.78 Å². The van der Waals surface area contributed by atoms with Crippen LogP contribution in [-0.4, -0.2) is 30.7 Å². The molecule has 2 aromatic carbocycles. The fourth-order valence-electron chi connectivity index (χ4n) is 3.67. The highest BCUT2D eigenvalue weighted by Gasteiger charge is 2.32. The normalized spacial score (nSPS) is 15.1. The first-order valence-electron chi connectivity index (χ1n) is 9.63. The molecule has 3 heterocycles. The molecule has 0 amide bonds. The maximum Gasteiger partial charge on any atom is 0.189 e.